The number of ether oxygens (including phenoxy) is 1. The fourth-order valence-electron chi connectivity index (χ4n) is 1.36. The number of aromatic nitrogens is 1. The maximum atomic E-state index is 5.66. The molecule has 0 aliphatic heterocycles. The van der Waals surface area contributed by atoms with Gasteiger partial charge in [0.2, 0.25) is 5.88 Å². The van der Waals surface area contributed by atoms with E-state index in [1.54, 1.807) is 6.20 Å². The number of nitrogens with two attached hydrogens (primary N) is 1. The standard InChI is InChI=1S/C11H16N2O/c1-8-6-11(13-7-10(8)12)14-5-4-9-2-3-9/h6-7,9H,2-5,12H2,1H3. The predicted molar refractivity (Wildman–Crippen MR) is 56.2 cm³/mol. The Hall–Kier alpha value is -1.25. The molecule has 1 saturated carbocycles. The third-order valence-corrected chi connectivity index (χ3v) is 2.60. The van der Waals surface area contributed by atoms with Crippen LogP contribution in [0.4, 0.5) is 5.69 Å². The molecule has 2 rings (SSSR count). The van der Waals surface area contributed by atoms with Gasteiger partial charge in [0.25, 0.3) is 0 Å². The molecule has 1 heterocycles. The summed E-state index contributed by atoms with van der Waals surface area (Å²) in [7, 11) is 0. The van der Waals surface area contributed by atoms with Crippen LogP contribution in [0.2, 0.25) is 0 Å². The number of nitrogen functional groups attached to an aromatic ring is 1. The summed E-state index contributed by atoms with van der Waals surface area (Å²) < 4.78 is 5.53. The molecule has 0 spiro atoms. The highest BCUT2D eigenvalue weighted by atomic mass is 16.5. The molecule has 1 aromatic rings. The molecular formula is C11H16N2O. The van der Waals surface area contributed by atoms with Crippen LogP contribution in [-0.4, -0.2) is 11.6 Å². The average molecular weight is 192 g/mol. The molecule has 1 aliphatic carbocycles. The fourth-order valence-corrected chi connectivity index (χ4v) is 1.36. The highest BCUT2D eigenvalue weighted by Crippen LogP contribution is 2.32. The zero-order valence-corrected chi connectivity index (χ0v) is 8.49. The van der Waals surface area contributed by atoms with Crippen molar-refractivity contribution in [1.82, 2.24) is 4.98 Å². The second-order valence-corrected chi connectivity index (χ2v) is 3.96. The number of nitrogens with zero attached hydrogens (tertiary/aromatic N) is 1. The van der Waals surface area contributed by atoms with E-state index in [1.165, 1.54) is 12.8 Å². The van der Waals surface area contributed by atoms with E-state index in [1.807, 2.05) is 13.0 Å². The van der Waals surface area contributed by atoms with E-state index in [0.29, 0.717) is 5.88 Å². The van der Waals surface area contributed by atoms with E-state index < -0.39 is 0 Å². The van der Waals surface area contributed by atoms with E-state index in [2.05, 4.69) is 4.98 Å². The molecule has 0 aromatic carbocycles. The molecule has 1 aliphatic rings. The number of hydrogen-bond donors (Lipinski definition) is 1. The summed E-state index contributed by atoms with van der Waals surface area (Å²) in [6.45, 7) is 2.74. The van der Waals surface area contributed by atoms with Crippen LogP contribution in [0.15, 0.2) is 12.3 Å². The maximum absolute atomic E-state index is 5.66. The Morgan fingerprint density at radius 3 is 3.00 bits per heavy atom. The van der Waals surface area contributed by atoms with Crippen molar-refractivity contribution in [1.29, 1.82) is 0 Å². The van der Waals surface area contributed by atoms with Gasteiger partial charge in [-0.3, -0.25) is 0 Å². The van der Waals surface area contributed by atoms with Crippen molar-refractivity contribution in [2.45, 2.75) is 26.2 Å². The van der Waals surface area contributed by atoms with Crippen LogP contribution in [0.25, 0.3) is 0 Å². The summed E-state index contributed by atoms with van der Waals surface area (Å²) in [6, 6.07) is 1.89. The van der Waals surface area contributed by atoms with Gasteiger partial charge < -0.3 is 10.5 Å². The molecule has 1 fully saturated rings. The van der Waals surface area contributed by atoms with Crippen molar-refractivity contribution < 1.29 is 4.74 Å². The summed E-state index contributed by atoms with van der Waals surface area (Å²) in [4.78, 5) is 4.11. The zero-order valence-electron chi connectivity index (χ0n) is 8.49. The highest BCUT2D eigenvalue weighted by Gasteiger charge is 2.20. The van der Waals surface area contributed by atoms with Gasteiger partial charge in [-0.2, -0.15) is 0 Å². The van der Waals surface area contributed by atoms with Crippen molar-refractivity contribution >= 4 is 5.69 Å². The van der Waals surface area contributed by atoms with Gasteiger partial charge >= 0.3 is 0 Å². The number of anilines is 1. The van der Waals surface area contributed by atoms with Gasteiger partial charge in [-0.25, -0.2) is 4.98 Å². The first kappa shape index (κ1) is 9.31. The smallest absolute Gasteiger partial charge is 0.213 e. The van der Waals surface area contributed by atoms with Gasteiger partial charge in [0, 0.05) is 6.07 Å². The van der Waals surface area contributed by atoms with Crippen molar-refractivity contribution in [3.8, 4) is 5.88 Å². The van der Waals surface area contributed by atoms with E-state index in [0.717, 1.165) is 30.2 Å². The zero-order chi connectivity index (χ0) is 9.97. The quantitative estimate of drug-likeness (QED) is 0.795. The summed E-state index contributed by atoms with van der Waals surface area (Å²) in [6.07, 6.45) is 5.56. The highest BCUT2D eigenvalue weighted by molar-refractivity contribution is 5.45. The molecule has 0 amide bonds. The van der Waals surface area contributed by atoms with Crippen molar-refractivity contribution in [3.05, 3.63) is 17.8 Å². The molecule has 1 aromatic heterocycles. The Morgan fingerprint density at radius 1 is 1.57 bits per heavy atom. The molecule has 2 N–H and O–H groups in total. The van der Waals surface area contributed by atoms with Gasteiger partial charge in [0.15, 0.2) is 0 Å². The maximum Gasteiger partial charge on any atom is 0.213 e. The van der Waals surface area contributed by atoms with E-state index >= 15 is 0 Å². The Morgan fingerprint density at radius 2 is 2.36 bits per heavy atom. The van der Waals surface area contributed by atoms with Crippen LogP contribution in [-0.2, 0) is 0 Å². The average Bonchev–Trinajstić information content (AvgIpc) is 2.95. The SMILES string of the molecule is Cc1cc(OCCC2CC2)ncc1N. The van der Waals surface area contributed by atoms with Crippen LogP contribution in [0.5, 0.6) is 5.88 Å². The van der Waals surface area contributed by atoms with Crippen LogP contribution in [0.3, 0.4) is 0 Å². The van der Waals surface area contributed by atoms with Gasteiger partial charge in [-0.1, -0.05) is 12.8 Å². The molecule has 0 saturated heterocycles. The summed E-state index contributed by atoms with van der Waals surface area (Å²) in [5.41, 5.74) is 7.41. The Balaban J connectivity index is 1.85. The van der Waals surface area contributed by atoms with Crippen LogP contribution < -0.4 is 10.5 Å². The predicted octanol–water partition coefficient (Wildman–Crippen LogP) is 2.15. The Bertz CT molecular complexity index is 321. The van der Waals surface area contributed by atoms with Crippen LogP contribution in [0, 0.1) is 12.8 Å². The summed E-state index contributed by atoms with van der Waals surface area (Å²) in [5, 5.41) is 0. The lowest BCUT2D eigenvalue weighted by Crippen LogP contribution is -2.01. The lowest BCUT2D eigenvalue weighted by atomic mass is 10.2. The molecule has 0 unspecified atom stereocenters. The van der Waals surface area contributed by atoms with E-state index in [4.69, 9.17) is 10.5 Å². The largest absolute Gasteiger partial charge is 0.478 e. The molecule has 0 bridgehead atoms. The van der Waals surface area contributed by atoms with Gasteiger partial charge in [0.1, 0.15) is 0 Å². The summed E-state index contributed by atoms with van der Waals surface area (Å²) >= 11 is 0. The third-order valence-electron chi connectivity index (χ3n) is 2.60. The number of hydrogen-bond acceptors (Lipinski definition) is 3. The first-order valence-electron chi connectivity index (χ1n) is 5.10. The van der Waals surface area contributed by atoms with Gasteiger partial charge in [-0.15, -0.1) is 0 Å². The topological polar surface area (TPSA) is 48.1 Å². The molecule has 3 heteroatoms. The lowest BCUT2D eigenvalue weighted by Gasteiger charge is -2.06. The lowest BCUT2D eigenvalue weighted by molar-refractivity contribution is 0.291. The second-order valence-electron chi connectivity index (χ2n) is 3.96. The minimum Gasteiger partial charge on any atom is -0.478 e. The number of rotatable bonds is 4. The van der Waals surface area contributed by atoms with Gasteiger partial charge in [0.05, 0.1) is 18.5 Å². The monoisotopic (exact) mass is 192 g/mol. The first-order chi connectivity index (χ1) is 6.75. The summed E-state index contributed by atoms with van der Waals surface area (Å²) in [5.74, 6) is 1.60. The van der Waals surface area contributed by atoms with Crippen molar-refractivity contribution in [2.75, 3.05) is 12.3 Å². The fraction of sp³-hybridized carbons (Fsp3) is 0.545. The normalized spacial score (nSPS) is 15.5. The molecule has 0 atom stereocenters. The number of aryl methyl sites for hydroxylation is 1. The Kier molecular flexibility index (Phi) is 2.57. The Labute approximate surface area is 84.3 Å². The van der Waals surface area contributed by atoms with Gasteiger partial charge in [-0.05, 0) is 24.8 Å². The second kappa shape index (κ2) is 3.86. The molecule has 76 valence electrons. The van der Waals surface area contributed by atoms with Crippen molar-refractivity contribution in [3.63, 3.8) is 0 Å². The first-order valence-corrected chi connectivity index (χ1v) is 5.10. The molecular weight excluding hydrogens is 176 g/mol. The van der Waals surface area contributed by atoms with Crippen LogP contribution >= 0.6 is 0 Å². The molecule has 3 nitrogen and oxygen atoms in total. The van der Waals surface area contributed by atoms with Crippen molar-refractivity contribution in [2.24, 2.45) is 5.92 Å². The molecule has 14 heavy (non-hydrogen) atoms. The van der Waals surface area contributed by atoms with E-state index in [-0.39, 0.29) is 0 Å². The third kappa shape index (κ3) is 2.37. The minimum absolute atomic E-state index is 0.692. The minimum atomic E-state index is 0.692. The van der Waals surface area contributed by atoms with Crippen LogP contribution in [0.1, 0.15) is 24.8 Å². The molecule has 0 radical (unpaired) electrons. The van der Waals surface area contributed by atoms with E-state index in [9.17, 15) is 0 Å². The number of pyridine rings is 1.